The number of aryl methyl sites for hydroxylation is 1. The van der Waals surface area contributed by atoms with E-state index < -0.39 is 0 Å². The number of benzene rings is 2. The van der Waals surface area contributed by atoms with E-state index in [2.05, 4.69) is 46.3 Å². The molecule has 1 saturated heterocycles. The van der Waals surface area contributed by atoms with Crippen molar-refractivity contribution in [3.8, 4) is 0 Å². The number of nitrogens with zero attached hydrogens (tertiary/aromatic N) is 2. The summed E-state index contributed by atoms with van der Waals surface area (Å²) in [5, 5.41) is 3.00. The highest BCUT2D eigenvalue weighted by Gasteiger charge is 2.19. The quantitative estimate of drug-likeness (QED) is 0.918. The molecule has 1 heterocycles. The first-order chi connectivity index (χ1) is 11.7. The third-order valence-electron chi connectivity index (χ3n) is 4.53. The fraction of sp³-hybridized carbons (Fsp3) is 0.350. The molecule has 4 nitrogen and oxygen atoms in total. The molecule has 0 aliphatic carbocycles. The molecule has 0 radical (unpaired) electrons. The maximum Gasteiger partial charge on any atom is 0.234 e. The van der Waals surface area contributed by atoms with Gasteiger partial charge in [-0.05, 0) is 24.1 Å². The lowest BCUT2D eigenvalue weighted by Gasteiger charge is -2.36. The molecule has 3 rings (SSSR count). The Morgan fingerprint density at radius 2 is 1.62 bits per heavy atom. The molecular weight excluding hydrogens is 298 g/mol. The third kappa shape index (κ3) is 4.36. The Morgan fingerprint density at radius 3 is 2.33 bits per heavy atom. The van der Waals surface area contributed by atoms with Crippen LogP contribution in [0.15, 0.2) is 54.6 Å². The number of piperazine rings is 1. The van der Waals surface area contributed by atoms with Gasteiger partial charge < -0.3 is 10.2 Å². The third-order valence-corrected chi connectivity index (χ3v) is 4.53. The number of carbonyl (C=O) groups is 1. The molecule has 126 valence electrons. The van der Waals surface area contributed by atoms with Crippen LogP contribution in [0.1, 0.15) is 11.1 Å². The van der Waals surface area contributed by atoms with Gasteiger partial charge in [-0.3, -0.25) is 9.69 Å². The van der Waals surface area contributed by atoms with Crippen LogP contribution in [-0.2, 0) is 11.3 Å². The van der Waals surface area contributed by atoms with Gasteiger partial charge in [0, 0.05) is 38.4 Å². The molecule has 1 aliphatic rings. The van der Waals surface area contributed by atoms with Gasteiger partial charge in [-0.25, -0.2) is 0 Å². The van der Waals surface area contributed by atoms with E-state index in [1.807, 2.05) is 30.3 Å². The zero-order chi connectivity index (χ0) is 16.8. The van der Waals surface area contributed by atoms with Crippen molar-refractivity contribution in [2.24, 2.45) is 0 Å². The Balaban J connectivity index is 1.44. The second-order valence-electron chi connectivity index (χ2n) is 6.31. The van der Waals surface area contributed by atoms with E-state index in [0.29, 0.717) is 13.1 Å². The van der Waals surface area contributed by atoms with Crippen LogP contribution in [-0.4, -0.2) is 43.5 Å². The van der Waals surface area contributed by atoms with Gasteiger partial charge in [0.05, 0.1) is 6.54 Å². The summed E-state index contributed by atoms with van der Waals surface area (Å²) in [7, 11) is 0. The van der Waals surface area contributed by atoms with Gasteiger partial charge in [0.15, 0.2) is 0 Å². The molecule has 0 unspecified atom stereocenters. The smallest absolute Gasteiger partial charge is 0.234 e. The predicted octanol–water partition coefficient (Wildman–Crippen LogP) is 2.43. The highest BCUT2D eigenvalue weighted by Crippen LogP contribution is 2.20. The summed E-state index contributed by atoms with van der Waals surface area (Å²) in [4.78, 5) is 16.8. The number of hydrogen-bond donors (Lipinski definition) is 1. The molecule has 2 aromatic rings. The standard InChI is InChI=1S/C20H25N3O/c1-17-7-5-6-10-19(17)23-13-11-22(12-14-23)16-20(24)21-15-18-8-3-2-4-9-18/h2-10H,11-16H2,1H3,(H,21,24). The Kier molecular flexibility index (Phi) is 5.49. The number of amides is 1. The van der Waals surface area contributed by atoms with Crippen LogP contribution >= 0.6 is 0 Å². The van der Waals surface area contributed by atoms with Gasteiger partial charge in [-0.2, -0.15) is 0 Å². The first-order valence-electron chi connectivity index (χ1n) is 8.56. The van der Waals surface area contributed by atoms with E-state index in [0.717, 1.165) is 31.7 Å². The molecular formula is C20H25N3O. The lowest BCUT2D eigenvalue weighted by Crippen LogP contribution is -2.49. The minimum absolute atomic E-state index is 0.100. The van der Waals surface area contributed by atoms with E-state index in [1.165, 1.54) is 11.3 Å². The number of hydrogen-bond acceptors (Lipinski definition) is 3. The SMILES string of the molecule is Cc1ccccc1N1CCN(CC(=O)NCc2ccccc2)CC1. The molecule has 0 spiro atoms. The maximum atomic E-state index is 12.1. The Hall–Kier alpha value is -2.33. The topological polar surface area (TPSA) is 35.6 Å². The molecule has 4 heteroatoms. The Labute approximate surface area is 144 Å². The summed E-state index contributed by atoms with van der Waals surface area (Å²) in [5.41, 5.74) is 3.76. The molecule has 0 aromatic heterocycles. The number of nitrogens with one attached hydrogen (secondary N) is 1. The van der Waals surface area contributed by atoms with Gasteiger partial charge >= 0.3 is 0 Å². The van der Waals surface area contributed by atoms with Gasteiger partial charge in [0.2, 0.25) is 5.91 Å². The van der Waals surface area contributed by atoms with E-state index in [4.69, 9.17) is 0 Å². The summed E-state index contributed by atoms with van der Waals surface area (Å²) in [5.74, 6) is 0.100. The van der Waals surface area contributed by atoms with Crippen molar-refractivity contribution in [3.63, 3.8) is 0 Å². The second-order valence-corrected chi connectivity index (χ2v) is 6.31. The summed E-state index contributed by atoms with van der Waals surface area (Å²) >= 11 is 0. The van der Waals surface area contributed by atoms with Gasteiger partial charge in [-0.1, -0.05) is 48.5 Å². The van der Waals surface area contributed by atoms with E-state index in [-0.39, 0.29) is 5.91 Å². The molecule has 24 heavy (non-hydrogen) atoms. The molecule has 0 saturated carbocycles. The van der Waals surface area contributed by atoms with Crippen molar-refractivity contribution >= 4 is 11.6 Å². The fourth-order valence-corrected chi connectivity index (χ4v) is 3.12. The predicted molar refractivity (Wildman–Crippen MR) is 98.1 cm³/mol. The number of rotatable bonds is 5. The lowest BCUT2D eigenvalue weighted by atomic mass is 10.1. The van der Waals surface area contributed by atoms with E-state index in [9.17, 15) is 4.79 Å². The van der Waals surface area contributed by atoms with Crippen LogP contribution in [0.4, 0.5) is 5.69 Å². The van der Waals surface area contributed by atoms with Crippen molar-refractivity contribution < 1.29 is 4.79 Å². The van der Waals surface area contributed by atoms with Crippen LogP contribution in [0.3, 0.4) is 0 Å². The summed E-state index contributed by atoms with van der Waals surface area (Å²) in [6.07, 6.45) is 0. The largest absolute Gasteiger partial charge is 0.369 e. The number of carbonyl (C=O) groups excluding carboxylic acids is 1. The van der Waals surface area contributed by atoms with Gasteiger partial charge in [0.1, 0.15) is 0 Å². The van der Waals surface area contributed by atoms with Gasteiger partial charge in [-0.15, -0.1) is 0 Å². The second kappa shape index (κ2) is 7.97. The van der Waals surface area contributed by atoms with E-state index in [1.54, 1.807) is 0 Å². The van der Waals surface area contributed by atoms with E-state index >= 15 is 0 Å². The normalized spacial score (nSPS) is 15.3. The molecule has 1 fully saturated rings. The minimum atomic E-state index is 0.100. The zero-order valence-electron chi connectivity index (χ0n) is 14.2. The first-order valence-corrected chi connectivity index (χ1v) is 8.56. The van der Waals surface area contributed by atoms with Crippen LogP contribution < -0.4 is 10.2 Å². The van der Waals surface area contributed by atoms with Crippen LogP contribution in [0.25, 0.3) is 0 Å². The molecule has 1 amide bonds. The molecule has 1 N–H and O–H groups in total. The molecule has 2 aromatic carbocycles. The zero-order valence-corrected chi connectivity index (χ0v) is 14.2. The number of anilines is 1. The molecule has 0 atom stereocenters. The summed E-state index contributed by atoms with van der Waals surface area (Å²) in [6.45, 7) is 7.02. The average Bonchev–Trinajstić information content (AvgIpc) is 2.62. The lowest BCUT2D eigenvalue weighted by molar-refractivity contribution is -0.122. The van der Waals surface area contributed by atoms with Crippen molar-refractivity contribution in [2.45, 2.75) is 13.5 Å². The Bertz CT molecular complexity index is 664. The summed E-state index contributed by atoms with van der Waals surface area (Å²) in [6, 6.07) is 18.5. The number of para-hydroxylation sites is 1. The summed E-state index contributed by atoms with van der Waals surface area (Å²) < 4.78 is 0. The van der Waals surface area contributed by atoms with Crippen LogP contribution in [0.2, 0.25) is 0 Å². The highest BCUT2D eigenvalue weighted by atomic mass is 16.2. The first kappa shape index (κ1) is 16.5. The van der Waals surface area contributed by atoms with Crippen LogP contribution in [0.5, 0.6) is 0 Å². The Morgan fingerprint density at radius 1 is 0.958 bits per heavy atom. The maximum absolute atomic E-state index is 12.1. The van der Waals surface area contributed by atoms with Crippen molar-refractivity contribution in [1.82, 2.24) is 10.2 Å². The van der Waals surface area contributed by atoms with Crippen LogP contribution in [0, 0.1) is 6.92 Å². The van der Waals surface area contributed by atoms with Crippen molar-refractivity contribution in [2.75, 3.05) is 37.6 Å². The monoisotopic (exact) mass is 323 g/mol. The van der Waals surface area contributed by atoms with Crippen molar-refractivity contribution in [3.05, 3.63) is 65.7 Å². The fourth-order valence-electron chi connectivity index (χ4n) is 3.12. The van der Waals surface area contributed by atoms with Gasteiger partial charge in [0.25, 0.3) is 0 Å². The molecule has 1 aliphatic heterocycles. The average molecular weight is 323 g/mol. The highest BCUT2D eigenvalue weighted by molar-refractivity contribution is 5.78. The van der Waals surface area contributed by atoms with Crippen molar-refractivity contribution in [1.29, 1.82) is 0 Å². The minimum Gasteiger partial charge on any atom is -0.369 e. The molecule has 0 bridgehead atoms.